The molecule has 0 saturated heterocycles. The molecule has 1 heterocycles. The highest BCUT2D eigenvalue weighted by molar-refractivity contribution is 5.47. The Kier molecular flexibility index (Phi) is 4.86. The molecule has 1 atom stereocenters. The molecular weight excluding hydrogens is 230 g/mol. The number of aryl methyl sites for hydroxylation is 1. The quantitative estimate of drug-likeness (QED) is 0.466. The van der Waals surface area contributed by atoms with E-state index in [-0.39, 0.29) is 18.1 Å². The summed E-state index contributed by atoms with van der Waals surface area (Å²) in [4.78, 5) is 8.45. The highest BCUT2D eigenvalue weighted by Crippen LogP contribution is 2.25. The van der Waals surface area contributed by atoms with E-state index in [9.17, 15) is 0 Å². The number of aliphatic hydroxyl groups excluding tert-OH is 1. The van der Waals surface area contributed by atoms with Crippen molar-refractivity contribution in [3.63, 3.8) is 0 Å². The molecule has 5 N–H and O–H groups in total. The van der Waals surface area contributed by atoms with Gasteiger partial charge in [0.05, 0.1) is 0 Å². The van der Waals surface area contributed by atoms with Crippen LogP contribution in [0, 0.1) is 12.3 Å². The van der Waals surface area contributed by atoms with Gasteiger partial charge in [0.15, 0.2) is 0 Å². The molecule has 1 aromatic rings. The summed E-state index contributed by atoms with van der Waals surface area (Å²) >= 11 is 0. The maximum atomic E-state index is 9.13. The van der Waals surface area contributed by atoms with Crippen molar-refractivity contribution >= 4 is 11.6 Å². The van der Waals surface area contributed by atoms with Crippen molar-refractivity contribution in [2.45, 2.75) is 40.2 Å². The van der Waals surface area contributed by atoms with Crippen LogP contribution in [0.3, 0.4) is 0 Å². The van der Waals surface area contributed by atoms with Gasteiger partial charge in [0, 0.05) is 18.7 Å². The first kappa shape index (κ1) is 14.7. The molecule has 1 rings (SSSR count). The van der Waals surface area contributed by atoms with E-state index in [1.54, 1.807) is 6.07 Å². The lowest BCUT2D eigenvalue weighted by Crippen LogP contribution is -2.35. The summed E-state index contributed by atoms with van der Waals surface area (Å²) in [6.07, 6.45) is 0.665. The molecule has 0 aliphatic carbocycles. The largest absolute Gasteiger partial charge is 0.396 e. The Morgan fingerprint density at radius 3 is 2.44 bits per heavy atom. The minimum absolute atomic E-state index is 0.0257. The minimum Gasteiger partial charge on any atom is -0.396 e. The van der Waals surface area contributed by atoms with Gasteiger partial charge in [0.25, 0.3) is 0 Å². The Morgan fingerprint density at radius 2 is 1.94 bits per heavy atom. The molecule has 6 heteroatoms. The third kappa shape index (κ3) is 4.12. The van der Waals surface area contributed by atoms with Gasteiger partial charge in [-0.2, -0.15) is 0 Å². The van der Waals surface area contributed by atoms with Gasteiger partial charge in [-0.3, -0.25) is 0 Å². The number of rotatable bonds is 5. The molecule has 0 aliphatic rings. The average Bonchev–Trinajstić information content (AvgIpc) is 2.26. The Bertz CT molecular complexity index is 389. The fourth-order valence-electron chi connectivity index (χ4n) is 1.74. The predicted molar refractivity (Wildman–Crippen MR) is 73.1 cm³/mol. The molecule has 1 aromatic heterocycles. The van der Waals surface area contributed by atoms with E-state index in [1.807, 2.05) is 6.92 Å². The number of nitrogens with two attached hydrogens (primary N) is 1. The van der Waals surface area contributed by atoms with Gasteiger partial charge < -0.3 is 15.8 Å². The van der Waals surface area contributed by atoms with Crippen LogP contribution in [0.2, 0.25) is 0 Å². The SMILES string of the molecule is Cc1nc(NN)cc(NC(CCO)C(C)(C)C)n1. The van der Waals surface area contributed by atoms with E-state index >= 15 is 0 Å². The number of nitrogens with zero attached hydrogens (tertiary/aromatic N) is 2. The van der Waals surface area contributed by atoms with Crippen LogP contribution in [0.25, 0.3) is 0 Å². The Labute approximate surface area is 108 Å². The molecule has 0 aromatic carbocycles. The van der Waals surface area contributed by atoms with E-state index in [4.69, 9.17) is 10.9 Å². The summed E-state index contributed by atoms with van der Waals surface area (Å²) in [7, 11) is 0. The zero-order valence-corrected chi connectivity index (χ0v) is 11.5. The van der Waals surface area contributed by atoms with Gasteiger partial charge in [-0.05, 0) is 18.8 Å². The second kappa shape index (κ2) is 5.97. The lowest BCUT2D eigenvalue weighted by Gasteiger charge is -2.31. The fraction of sp³-hybridized carbons (Fsp3) is 0.667. The Morgan fingerprint density at radius 1 is 1.33 bits per heavy atom. The summed E-state index contributed by atoms with van der Waals surface area (Å²) in [5, 5.41) is 12.5. The average molecular weight is 253 g/mol. The van der Waals surface area contributed by atoms with Gasteiger partial charge >= 0.3 is 0 Å². The highest BCUT2D eigenvalue weighted by atomic mass is 16.3. The number of hydrogen-bond acceptors (Lipinski definition) is 6. The number of aromatic nitrogens is 2. The summed E-state index contributed by atoms with van der Waals surface area (Å²) < 4.78 is 0. The van der Waals surface area contributed by atoms with Crippen molar-refractivity contribution in [1.29, 1.82) is 0 Å². The van der Waals surface area contributed by atoms with Crippen LogP contribution >= 0.6 is 0 Å². The highest BCUT2D eigenvalue weighted by Gasteiger charge is 2.24. The van der Waals surface area contributed by atoms with Gasteiger partial charge in [0.1, 0.15) is 17.5 Å². The van der Waals surface area contributed by atoms with E-state index in [1.165, 1.54) is 0 Å². The van der Waals surface area contributed by atoms with Crippen LogP contribution in [0.5, 0.6) is 0 Å². The van der Waals surface area contributed by atoms with Crippen molar-refractivity contribution < 1.29 is 5.11 Å². The number of aliphatic hydroxyl groups is 1. The molecule has 0 aliphatic heterocycles. The third-order valence-electron chi connectivity index (χ3n) is 2.77. The molecule has 18 heavy (non-hydrogen) atoms. The summed E-state index contributed by atoms with van der Waals surface area (Å²) in [5.41, 5.74) is 2.54. The maximum absolute atomic E-state index is 9.13. The lowest BCUT2D eigenvalue weighted by atomic mass is 9.85. The van der Waals surface area contributed by atoms with E-state index in [0.717, 1.165) is 0 Å². The second-order valence-electron chi connectivity index (χ2n) is 5.41. The smallest absolute Gasteiger partial charge is 0.145 e. The number of anilines is 2. The minimum atomic E-state index is 0.0257. The molecular formula is C12H23N5O. The molecule has 0 saturated carbocycles. The van der Waals surface area contributed by atoms with Crippen LogP contribution in [0.1, 0.15) is 33.0 Å². The molecule has 0 radical (unpaired) electrons. The van der Waals surface area contributed by atoms with Gasteiger partial charge in [-0.15, -0.1) is 0 Å². The first-order valence-electron chi connectivity index (χ1n) is 6.06. The second-order valence-corrected chi connectivity index (χ2v) is 5.41. The lowest BCUT2D eigenvalue weighted by molar-refractivity contribution is 0.235. The van der Waals surface area contributed by atoms with Crippen LogP contribution < -0.4 is 16.6 Å². The normalized spacial score (nSPS) is 13.2. The standard InChI is InChI=1S/C12H23N5O/c1-8-14-10(7-11(15-8)17-13)16-9(5-6-18)12(2,3)4/h7,9,18H,5-6,13H2,1-4H3,(H2,14,15,16,17). The topological polar surface area (TPSA) is 96.1 Å². The Balaban J connectivity index is 2.90. The molecule has 0 amide bonds. The zero-order chi connectivity index (χ0) is 13.8. The molecule has 0 fully saturated rings. The number of hydrazine groups is 1. The van der Waals surface area contributed by atoms with Crippen molar-refractivity contribution in [3.8, 4) is 0 Å². The van der Waals surface area contributed by atoms with Gasteiger partial charge in [-0.25, -0.2) is 15.8 Å². The molecule has 102 valence electrons. The van der Waals surface area contributed by atoms with Crippen LogP contribution in [-0.4, -0.2) is 27.7 Å². The van der Waals surface area contributed by atoms with Crippen LogP contribution in [0.15, 0.2) is 6.07 Å². The van der Waals surface area contributed by atoms with Crippen molar-refractivity contribution in [1.82, 2.24) is 9.97 Å². The van der Waals surface area contributed by atoms with E-state index < -0.39 is 0 Å². The summed E-state index contributed by atoms with van der Waals surface area (Å²) in [5.74, 6) is 7.28. The zero-order valence-electron chi connectivity index (χ0n) is 11.5. The first-order valence-corrected chi connectivity index (χ1v) is 6.06. The summed E-state index contributed by atoms with van der Waals surface area (Å²) in [6.45, 7) is 8.31. The van der Waals surface area contributed by atoms with Crippen molar-refractivity contribution in [2.24, 2.45) is 11.3 Å². The van der Waals surface area contributed by atoms with Crippen molar-refractivity contribution in [3.05, 3.63) is 11.9 Å². The monoisotopic (exact) mass is 253 g/mol. The molecule has 0 bridgehead atoms. The number of nitrogens with one attached hydrogen (secondary N) is 2. The summed E-state index contributed by atoms with van der Waals surface area (Å²) in [6, 6.07) is 1.88. The molecule has 6 nitrogen and oxygen atoms in total. The number of nitrogen functional groups attached to an aromatic ring is 1. The fourth-order valence-corrected chi connectivity index (χ4v) is 1.74. The van der Waals surface area contributed by atoms with Crippen LogP contribution in [0.4, 0.5) is 11.6 Å². The maximum Gasteiger partial charge on any atom is 0.145 e. The molecule has 0 spiro atoms. The van der Waals surface area contributed by atoms with Crippen molar-refractivity contribution in [2.75, 3.05) is 17.3 Å². The Hall–Kier alpha value is -1.40. The predicted octanol–water partition coefficient (Wildman–Crippen LogP) is 1.28. The van der Waals surface area contributed by atoms with E-state index in [2.05, 4.69) is 41.5 Å². The third-order valence-corrected chi connectivity index (χ3v) is 2.77. The molecule has 1 unspecified atom stereocenters. The van der Waals surface area contributed by atoms with E-state index in [0.29, 0.717) is 23.9 Å². The first-order chi connectivity index (χ1) is 8.36. The number of hydrogen-bond donors (Lipinski definition) is 4. The van der Waals surface area contributed by atoms with Crippen LogP contribution in [-0.2, 0) is 0 Å². The van der Waals surface area contributed by atoms with Gasteiger partial charge in [-0.1, -0.05) is 20.8 Å². The van der Waals surface area contributed by atoms with Gasteiger partial charge in [0.2, 0.25) is 0 Å².